The van der Waals surface area contributed by atoms with Crippen LogP contribution in [0.25, 0.3) is 0 Å². The Kier molecular flexibility index (Phi) is 5.06. The van der Waals surface area contributed by atoms with E-state index in [0.717, 1.165) is 6.41 Å². The van der Waals surface area contributed by atoms with E-state index in [0.29, 0.717) is 56.6 Å². The van der Waals surface area contributed by atoms with Crippen molar-refractivity contribution in [1.29, 1.82) is 0 Å². The Labute approximate surface area is 145 Å². The van der Waals surface area contributed by atoms with E-state index in [1.165, 1.54) is 11.8 Å². The molecule has 2 heterocycles. The Bertz CT molecular complexity index is 670. The number of fused-ring (bicyclic) bond motifs is 1. The summed E-state index contributed by atoms with van der Waals surface area (Å²) in [5, 5.41) is 0. The fourth-order valence-electron chi connectivity index (χ4n) is 2.90. The summed E-state index contributed by atoms with van der Waals surface area (Å²) in [7, 11) is 0. The Hall–Kier alpha value is -2.77. The van der Waals surface area contributed by atoms with Gasteiger partial charge in [0.1, 0.15) is 19.8 Å². The maximum absolute atomic E-state index is 12.5. The minimum Gasteiger partial charge on any atom is -0.486 e. The van der Waals surface area contributed by atoms with E-state index >= 15 is 0 Å². The predicted octanol–water partition coefficient (Wildman–Crippen LogP) is 0.111. The third-order valence-electron chi connectivity index (χ3n) is 4.33. The molecule has 8 nitrogen and oxygen atoms in total. The van der Waals surface area contributed by atoms with Gasteiger partial charge in [0.15, 0.2) is 11.5 Å². The number of amides is 3. The Morgan fingerprint density at radius 1 is 1.12 bits per heavy atom. The zero-order valence-electron chi connectivity index (χ0n) is 14.1. The van der Waals surface area contributed by atoms with Crippen LogP contribution in [0.5, 0.6) is 11.5 Å². The van der Waals surface area contributed by atoms with Gasteiger partial charge in [0.05, 0.1) is 0 Å². The quantitative estimate of drug-likeness (QED) is 0.723. The molecule has 1 aromatic rings. The molecule has 0 spiro atoms. The van der Waals surface area contributed by atoms with Crippen molar-refractivity contribution in [3.8, 4) is 11.5 Å². The molecule has 0 N–H and O–H groups in total. The van der Waals surface area contributed by atoms with E-state index in [-0.39, 0.29) is 18.4 Å². The van der Waals surface area contributed by atoms with Crippen molar-refractivity contribution in [3.05, 3.63) is 18.2 Å². The number of hydrogen-bond acceptors (Lipinski definition) is 5. The number of anilines is 1. The third kappa shape index (κ3) is 3.84. The molecule has 8 heteroatoms. The van der Waals surface area contributed by atoms with Crippen LogP contribution in [-0.2, 0) is 14.4 Å². The summed E-state index contributed by atoms with van der Waals surface area (Å²) in [4.78, 5) is 40.1. The number of carbonyl (C=O) groups is 3. The van der Waals surface area contributed by atoms with Gasteiger partial charge in [-0.3, -0.25) is 14.4 Å². The largest absolute Gasteiger partial charge is 0.486 e. The van der Waals surface area contributed by atoms with Crippen molar-refractivity contribution in [2.45, 2.75) is 6.92 Å². The van der Waals surface area contributed by atoms with Crippen LogP contribution < -0.4 is 14.4 Å². The summed E-state index contributed by atoms with van der Waals surface area (Å²) in [6.07, 6.45) is 0.791. The number of rotatable bonds is 4. The molecule has 25 heavy (non-hydrogen) atoms. The minimum absolute atomic E-state index is 0.0456. The lowest BCUT2D eigenvalue weighted by molar-refractivity contribution is -0.134. The van der Waals surface area contributed by atoms with Crippen molar-refractivity contribution < 1.29 is 23.9 Å². The fourth-order valence-corrected chi connectivity index (χ4v) is 2.90. The first kappa shape index (κ1) is 17.1. The summed E-state index contributed by atoms with van der Waals surface area (Å²) >= 11 is 0. The zero-order chi connectivity index (χ0) is 17.8. The van der Waals surface area contributed by atoms with E-state index < -0.39 is 0 Å². The number of benzene rings is 1. The molecule has 2 aliphatic rings. The smallest absolute Gasteiger partial charge is 0.242 e. The van der Waals surface area contributed by atoms with Gasteiger partial charge in [-0.2, -0.15) is 0 Å². The summed E-state index contributed by atoms with van der Waals surface area (Å²) in [6, 6.07) is 5.20. The van der Waals surface area contributed by atoms with Crippen molar-refractivity contribution in [2.24, 2.45) is 0 Å². The molecule has 0 unspecified atom stereocenters. The average molecular weight is 347 g/mol. The van der Waals surface area contributed by atoms with Crippen molar-refractivity contribution in [3.63, 3.8) is 0 Å². The lowest BCUT2D eigenvalue weighted by Crippen LogP contribution is -2.51. The van der Waals surface area contributed by atoms with Crippen LogP contribution >= 0.6 is 0 Å². The fraction of sp³-hybridized carbons (Fsp3) is 0.471. The number of nitrogens with zero attached hydrogens (tertiary/aromatic N) is 3. The number of piperazine rings is 1. The molecule has 3 rings (SSSR count). The van der Waals surface area contributed by atoms with E-state index in [1.54, 1.807) is 28.0 Å². The molecule has 1 saturated heterocycles. The van der Waals surface area contributed by atoms with Gasteiger partial charge in [-0.1, -0.05) is 0 Å². The van der Waals surface area contributed by atoms with Crippen molar-refractivity contribution in [2.75, 3.05) is 50.8 Å². The molecule has 3 amide bonds. The zero-order valence-corrected chi connectivity index (χ0v) is 14.1. The summed E-state index contributed by atoms with van der Waals surface area (Å²) in [5.74, 6) is 0.837. The van der Waals surface area contributed by atoms with Crippen LogP contribution in [-0.4, -0.2) is 74.0 Å². The van der Waals surface area contributed by atoms with Gasteiger partial charge < -0.3 is 24.2 Å². The second kappa shape index (κ2) is 7.42. The standard InChI is InChI=1S/C17H21N3O5/c1-13(22)20(11-17(23)19-6-4-18(12-21)5-7-19)14-2-3-15-16(10-14)25-9-8-24-15/h2-3,10,12H,4-9,11H2,1H3. The number of carbonyl (C=O) groups excluding carboxylic acids is 3. The molecule has 0 bridgehead atoms. The van der Waals surface area contributed by atoms with Gasteiger partial charge in [-0.05, 0) is 12.1 Å². The molecular weight excluding hydrogens is 326 g/mol. The topological polar surface area (TPSA) is 79.4 Å². The van der Waals surface area contributed by atoms with E-state index in [1.807, 2.05) is 0 Å². The van der Waals surface area contributed by atoms with Gasteiger partial charge in [-0.25, -0.2) is 0 Å². The Morgan fingerprint density at radius 2 is 1.80 bits per heavy atom. The van der Waals surface area contributed by atoms with Crippen LogP contribution in [0, 0.1) is 0 Å². The van der Waals surface area contributed by atoms with Gasteiger partial charge in [0, 0.05) is 44.9 Å². The lowest BCUT2D eigenvalue weighted by Gasteiger charge is -2.34. The number of ether oxygens (including phenoxy) is 2. The highest BCUT2D eigenvalue weighted by molar-refractivity contribution is 5.97. The molecule has 0 aliphatic carbocycles. The number of hydrogen-bond donors (Lipinski definition) is 0. The molecule has 2 aliphatic heterocycles. The normalized spacial score (nSPS) is 16.4. The average Bonchev–Trinajstić information content (AvgIpc) is 2.65. The predicted molar refractivity (Wildman–Crippen MR) is 89.7 cm³/mol. The molecule has 0 atom stereocenters. The molecule has 0 radical (unpaired) electrons. The van der Waals surface area contributed by atoms with Crippen LogP contribution in [0.1, 0.15) is 6.92 Å². The van der Waals surface area contributed by atoms with Gasteiger partial charge in [0.25, 0.3) is 0 Å². The first-order valence-electron chi connectivity index (χ1n) is 8.23. The molecule has 0 saturated carbocycles. The minimum atomic E-state index is -0.225. The van der Waals surface area contributed by atoms with E-state index in [9.17, 15) is 14.4 Å². The third-order valence-corrected chi connectivity index (χ3v) is 4.33. The van der Waals surface area contributed by atoms with Crippen LogP contribution in [0.15, 0.2) is 18.2 Å². The van der Waals surface area contributed by atoms with Gasteiger partial charge >= 0.3 is 0 Å². The molecular formula is C17H21N3O5. The molecule has 0 aromatic heterocycles. The summed E-state index contributed by atoms with van der Waals surface area (Å²) in [6.45, 7) is 4.31. The van der Waals surface area contributed by atoms with Crippen LogP contribution in [0.2, 0.25) is 0 Å². The summed E-state index contributed by atoms with van der Waals surface area (Å²) < 4.78 is 11.0. The Morgan fingerprint density at radius 3 is 2.44 bits per heavy atom. The highest BCUT2D eigenvalue weighted by atomic mass is 16.6. The maximum Gasteiger partial charge on any atom is 0.242 e. The van der Waals surface area contributed by atoms with Gasteiger partial charge in [-0.15, -0.1) is 0 Å². The molecule has 134 valence electrons. The highest BCUT2D eigenvalue weighted by Crippen LogP contribution is 2.34. The monoisotopic (exact) mass is 347 g/mol. The second-order valence-corrected chi connectivity index (χ2v) is 5.96. The first-order chi connectivity index (χ1) is 12.1. The van der Waals surface area contributed by atoms with Crippen molar-refractivity contribution in [1.82, 2.24) is 9.80 Å². The SMILES string of the molecule is CC(=O)N(CC(=O)N1CCN(C=O)CC1)c1ccc2c(c1)OCCO2. The Balaban J connectivity index is 1.70. The first-order valence-corrected chi connectivity index (χ1v) is 8.23. The van der Waals surface area contributed by atoms with Crippen LogP contribution in [0.4, 0.5) is 5.69 Å². The second-order valence-electron chi connectivity index (χ2n) is 5.96. The van der Waals surface area contributed by atoms with Gasteiger partial charge in [0.2, 0.25) is 18.2 Å². The highest BCUT2D eigenvalue weighted by Gasteiger charge is 2.24. The lowest BCUT2D eigenvalue weighted by atomic mass is 10.2. The summed E-state index contributed by atoms with van der Waals surface area (Å²) in [5.41, 5.74) is 0.594. The molecule has 1 aromatic carbocycles. The molecule has 1 fully saturated rings. The van der Waals surface area contributed by atoms with Crippen LogP contribution in [0.3, 0.4) is 0 Å². The maximum atomic E-state index is 12.5. The van der Waals surface area contributed by atoms with Crippen molar-refractivity contribution >= 4 is 23.9 Å². The van der Waals surface area contributed by atoms with E-state index in [2.05, 4.69) is 0 Å². The van der Waals surface area contributed by atoms with E-state index in [4.69, 9.17) is 9.47 Å².